The monoisotopic (exact) mass is 336 g/mol. The number of hydrogen-bond donors (Lipinski definition) is 1. The van der Waals surface area contributed by atoms with Crippen LogP contribution >= 0.6 is 0 Å². The number of halogens is 3. The molecule has 1 amide bonds. The zero-order valence-corrected chi connectivity index (χ0v) is 13.5. The van der Waals surface area contributed by atoms with E-state index in [2.05, 4.69) is 5.32 Å². The van der Waals surface area contributed by atoms with E-state index in [0.29, 0.717) is 6.54 Å². The van der Waals surface area contributed by atoms with Crippen LogP contribution in [-0.2, 0) is 6.18 Å². The number of rotatable bonds is 5. The van der Waals surface area contributed by atoms with Crippen LogP contribution in [0.15, 0.2) is 54.6 Å². The van der Waals surface area contributed by atoms with Gasteiger partial charge in [0, 0.05) is 12.1 Å². The summed E-state index contributed by atoms with van der Waals surface area (Å²) in [5.41, 5.74) is 0.362. The number of carbonyl (C=O) groups is 1. The normalized spacial score (nSPS) is 12.9. The van der Waals surface area contributed by atoms with Gasteiger partial charge in [-0.3, -0.25) is 4.79 Å². The summed E-state index contributed by atoms with van der Waals surface area (Å²) in [7, 11) is 3.78. The lowest BCUT2D eigenvalue weighted by atomic mass is 10.1. The first kappa shape index (κ1) is 18.0. The third kappa shape index (κ3) is 4.83. The number of benzene rings is 2. The number of carbonyl (C=O) groups excluding carboxylic acids is 1. The van der Waals surface area contributed by atoms with Gasteiger partial charge in [0.2, 0.25) is 0 Å². The van der Waals surface area contributed by atoms with Gasteiger partial charge >= 0.3 is 6.18 Å². The van der Waals surface area contributed by atoms with E-state index in [1.54, 1.807) is 0 Å². The van der Waals surface area contributed by atoms with Crippen molar-refractivity contribution in [2.24, 2.45) is 0 Å². The second kappa shape index (κ2) is 7.49. The van der Waals surface area contributed by atoms with Crippen LogP contribution in [-0.4, -0.2) is 31.4 Å². The summed E-state index contributed by atoms with van der Waals surface area (Å²) in [6.07, 6.45) is -4.41. The summed E-state index contributed by atoms with van der Waals surface area (Å²) >= 11 is 0. The predicted molar refractivity (Wildman–Crippen MR) is 86.6 cm³/mol. The molecule has 128 valence electrons. The molecule has 6 heteroatoms. The van der Waals surface area contributed by atoms with Crippen LogP contribution in [0.25, 0.3) is 0 Å². The number of alkyl halides is 3. The third-order valence-electron chi connectivity index (χ3n) is 3.53. The fourth-order valence-corrected chi connectivity index (χ4v) is 2.34. The van der Waals surface area contributed by atoms with E-state index in [9.17, 15) is 18.0 Å². The highest BCUT2D eigenvalue weighted by molar-refractivity contribution is 5.94. The largest absolute Gasteiger partial charge is 0.416 e. The van der Waals surface area contributed by atoms with E-state index in [4.69, 9.17) is 0 Å². The molecule has 0 heterocycles. The highest BCUT2D eigenvalue weighted by Gasteiger charge is 2.30. The van der Waals surface area contributed by atoms with E-state index >= 15 is 0 Å². The van der Waals surface area contributed by atoms with E-state index in [1.165, 1.54) is 12.1 Å². The fourth-order valence-electron chi connectivity index (χ4n) is 2.34. The first-order valence-corrected chi connectivity index (χ1v) is 7.45. The molecule has 0 aliphatic rings. The molecule has 0 saturated heterocycles. The van der Waals surface area contributed by atoms with Crippen molar-refractivity contribution < 1.29 is 18.0 Å². The van der Waals surface area contributed by atoms with Gasteiger partial charge in [-0.05, 0) is 43.9 Å². The summed E-state index contributed by atoms with van der Waals surface area (Å²) in [4.78, 5) is 14.3. The Morgan fingerprint density at radius 2 is 1.62 bits per heavy atom. The number of nitrogens with zero attached hydrogens (tertiary/aromatic N) is 1. The van der Waals surface area contributed by atoms with Gasteiger partial charge < -0.3 is 10.2 Å². The standard InChI is InChI=1S/C18H19F3N2O/c1-23(2)12-16(13-6-4-3-5-7-13)22-17(24)14-8-10-15(11-9-14)18(19,20)21/h3-11,16H,12H2,1-2H3,(H,22,24)/t16-/m0/s1. The molecule has 2 rings (SSSR count). The van der Waals surface area contributed by atoms with Crippen LogP contribution in [0.4, 0.5) is 13.2 Å². The maximum absolute atomic E-state index is 12.6. The Bertz CT molecular complexity index is 667. The van der Waals surface area contributed by atoms with Gasteiger partial charge in [-0.15, -0.1) is 0 Å². The molecule has 2 aromatic rings. The maximum Gasteiger partial charge on any atom is 0.416 e. The van der Waals surface area contributed by atoms with Crippen LogP contribution < -0.4 is 5.32 Å². The molecule has 2 aromatic carbocycles. The molecule has 1 N–H and O–H groups in total. The maximum atomic E-state index is 12.6. The van der Waals surface area contributed by atoms with Crippen LogP contribution in [0.1, 0.15) is 27.5 Å². The Balaban J connectivity index is 2.15. The van der Waals surface area contributed by atoms with E-state index < -0.39 is 17.6 Å². The zero-order valence-electron chi connectivity index (χ0n) is 13.5. The van der Waals surface area contributed by atoms with Crippen molar-refractivity contribution in [3.8, 4) is 0 Å². The lowest BCUT2D eigenvalue weighted by Crippen LogP contribution is -2.35. The quantitative estimate of drug-likeness (QED) is 0.902. The Morgan fingerprint density at radius 1 is 1.04 bits per heavy atom. The summed E-state index contributed by atoms with van der Waals surface area (Å²) < 4.78 is 37.8. The molecule has 0 saturated carbocycles. The van der Waals surface area contributed by atoms with Crippen LogP contribution in [0, 0.1) is 0 Å². The molecule has 0 bridgehead atoms. The van der Waals surface area contributed by atoms with Crippen molar-refractivity contribution in [1.82, 2.24) is 10.2 Å². The number of nitrogens with one attached hydrogen (secondary N) is 1. The van der Waals surface area contributed by atoms with Gasteiger partial charge in [0.15, 0.2) is 0 Å². The van der Waals surface area contributed by atoms with Crippen molar-refractivity contribution in [3.63, 3.8) is 0 Å². The van der Waals surface area contributed by atoms with Crippen LogP contribution in [0.2, 0.25) is 0 Å². The molecule has 0 aliphatic heterocycles. The lowest BCUT2D eigenvalue weighted by Gasteiger charge is -2.23. The highest BCUT2D eigenvalue weighted by atomic mass is 19.4. The minimum Gasteiger partial charge on any atom is -0.344 e. The van der Waals surface area contributed by atoms with Crippen molar-refractivity contribution in [2.45, 2.75) is 12.2 Å². The summed E-state index contributed by atoms with van der Waals surface area (Å²) in [6, 6.07) is 13.4. The van der Waals surface area contributed by atoms with Gasteiger partial charge in [0.1, 0.15) is 0 Å². The molecule has 0 radical (unpaired) electrons. The molecule has 24 heavy (non-hydrogen) atoms. The van der Waals surface area contributed by atoms with E-state index in [-0.39, 0.29) is 11.6 Å². The second-order valence-electron chi connectivity index (χ2n) is 5.77. The molecule has 0 fully saturated rings. The van der Waals surface area contributed by atoms with Gasteiger partial charge in [0.25, 0.3) is 5.91 Å². The van der Waals surface area contributed by atoms with E-state index in [0.717, 1.165) is 17.7 Å². The van der Waals surface area contributed by atoms with Gasteiger partial charge in [-0.1, -0.05) is 30.3 Å². The zero-order chi connectivity index (χ0) is 17.7. The molecule has 0 unspecified atom stereocenters. The van der Waals surface area contributed by atoms with Crippen molar-refractivity contribution in [2.75, 3.05) is 20.6 Å². The van der Waals surface area contributed by atoms with Gasteiger partial charge in [-0.2, -0.15) is 13.2 Å². The van der Waals surface area contributed by atoms with Crippen LogP contribution in [0.3, 0.4) is 0 Å². The average Bonchev–Trinajstić information content (AvgIpc) is 2.54. The molecule has 3 nitrogen and oxygen atoms in total. The SMILES string of the molecule is CN(C)C[C@H](NC(=O)c1ccc(C(F)(F)F)cc1)c1ccccc1. The number of hydrogen-bond acceptors (Lipinski definition) is 2. The average molecular weight is 336 g/mol. The van der Waals surface area contributed by atoms with Crippen LogP contribution in [0.5, 0.6) is 0 Å². The summed E-state index contributed by atoms with van der Waals surface area (Å²) in [5.74, 6) is -0.403. The summed E-state index contributed by atoms with van der Waals surface area (Å²) in [5, 5.41) is 2.88. The highest BCUT2D eigenvalue weighted by Crippen LogP contribution is 2.29. The molecule has 0 aromatic heterocycles. The van der Waals surface area contributed by atoms with E-state index in [1.807, 2.05) is 49.3 Å². The minimum atomic E-state index is -4.41. The fraction of sp³-hybridized carbons (Fsp3) is 0.278. The lowest BCUT2D eigenvalue weighted by molar-refractivity contribution is -0.137. The Hall–Kier alpha value is -2.34. The topological polar surface area (TPSA) is 32.3 Å². The smallest absolute Gasteiger partial charge is 0.344 e. The van der Waals surface area contributed by atoms with Crippen molar-refractivity contribution in [1.29, 1.82) is 0 Å². The Kier molecular flexibility index (Phi) is 5.62. The molecule has 1 atom stereocenters. The number of amides is 1. The Morgan fingerprint density at radius 3 is 2.12 bits per heavy atom. The number of likely N-dealkylation sites (N-methyl/N-ethyl adjacent to an activating group) is 1. The minimum absolute atomic E-state index is 0.197. The van der Waals surface area contributed by atoms with Gasteiger partial charge in [-0.25, -0.2) is 0 Å². The molecular formula is C18H19F3N2O. The first-order valence-electron chi connectivity index (χ1n) is 7.45. The third-order valence-corrected chi connectivity index (χ3v) is 3.53. The Labute approximate surface area is 139 Å². The molecule has 0 aliphatic carbocycles. The summed E-state index contributed by atoms with van der Waals surface area (Å²) in [6.45, 7) is 0.580. The predicted octanol–water partition coefficient (Wildman–Crippen LogP) is 3.74. The second-order valence-corrected chi connectivity index (χ2v) is 5.77. The molecular weight excluding hydrogens is 317 g/mol. The van der Waals surface area contributed by atoms with Crippen molar-refractivity contribution in [3.05, 3.63) is 71.3 Å². The van der Waals surface area contributed by atoms with Crippen molar-refractivity contribution >= 4 is 5.91 Å². The first-order chi connectivity index (χ1) is 11.3. The van der Waals surface area contributed by atoms with Gasteiger partial charge in [0.05, 0.1) is 11.6 Å². The molecule has 0 spiro atoms.